The van der Waals surface area contributed by atoms with Crippen molar-refractivity contribution in [2.75, 3.05) is 0 Å². The number of carbonyl (C=O) groups is 1. The summed E-state index contributed by atoms with van der Waals surface area (Å²) < 4.78 is 38.4. The first-order chi connectivity index (χ1) is 8.06. The molecule has 3 nitrogen and oxygen atoms in total. The molecule has 0 amide bonds. The highest BCUT2D eigenvalue weighted by atomic mass is 35.5. The van der Waals surface area contributed by atoms with Crippen molar-refractivity contribution >= 4 is 29.2 Å². The lowest BCUT2D eigenvalue weighted by Gasteiger charge is -2.29. The van der Waals surface area contributed by atoms with E-state index in [2.05, 4.69) is 0 Å². The van der Waals surface area contributed by atoms with Crippen molar-refractivity contribution < 1.29 is 28.2 Å². The van der Waals surface area contributed by atoms with Crippen molar-refractivity contribution in [3.8, 4) is 0 Å². The zero-order chi connectivity index (χ0) is 14.1. The van der Waals surface area contributed by atoms with E-state index in [4.69, 9.17) is 28.3 Å². The number of aliphatic carboxylic acids is 1. The lowest BCUT2D eigenvalue weighted by molar-refractivity contribution is -0.269. The van der Waals surface area contributed by atoms with E-state index in [0.717, 1.165) is 12.1 Å². The van der Waals surface area contributed by atoms with Gasteiger partial charge in [0, 0.05) is 10.0 Å². The maximum atomic E-state index is 12.8. The zero-order valence-electron chi connectivity index (χ0n) is 8.63. The highest BCUT2D eigenvalue weighted by molar-refractivity contribution is 6.34. The summed E-state index contributed by atoms with van der Waals surface area (Å²) in [6.45, 7) is 0. The summed E-state index contributed by atoms with van der Waals surface area (Å²) in [5.41, 5.74) is -4.25. The summed E-state index contributed by atoms with van der Waals surface area (Å²) in [6.07, 6.45) is -6.70. The molecule has 0 spiro atoms. The molecule has 2 N–H and O–H groups in total. The number of benzene rings is 1. The van der Waals surface area contributed by atoms with Crippen LogP contribution in [0.25, 0.3) is 0 Å². The minimum atomic E-state index is -5.17. The third-order valence-electron chi connectivity index (χ3n) is 2.22. The molecular formula is C10H7Cl2F3O3. The highest BCUT2D eigenvalue weighted by Gasteiger charge is 2.56. The van der Waals surface area contributed by atoms with Gasteiger partial charge < -0.3 is 10.2 Å². The largest absolute Gasteiger partial charge is 0.481 e. The number of hydrogen-bond acceptors (Lipinski definition) is 2. The van der Waals surface area contributed by atoms with E-state index in [1.165, 1.54) is 6.07 Å². The Balaban J connectivity index is 3.39. The predicted octanol–water partition coefficient (Wildman–Crippen LogP) is 3.22. The Morgan fingerprint density at radius 2 is 1.61 bits per heavy atom. The fraction of sp³-hybridized carbons (Fsp3) is 0.300. The maximum Gasteiger partial charge on any atom is 0.422 e. The number of alkyl halides is 3. The third-order valence-corrected chi connectivity index (χ3v) is 2.65. The van der Waals surface area contributed by atoms with Crippen LogP contribution in [-0.2, 0) is 10.4 Å². The summed E-state index contributed by atoms with van der Waals surface area (Å²) in [6, 6.07) is 2.82. The first-order valence-corrected chi connectivity index (χ1v) is 5.29. The summed E-state index contributed by atoms with van der Waals surface area (Å²) in [5.74, 6) is -1.80. The van der Waals surface area contributed by atoms with Crippen LogP contribution in [0.4, 0.5) is 13.2 Å². The van der Waals surface area contributed by atoms with Gasteiger partial charge in [-0.15, -0.1) is 0 Å². The quantitative estimate of drug-likeness (QED) is 0.901. The van der Waals surface area contributed by atoms with Gasteiger partial charge in [0.2, 0.25) is 0 Å². The normalized spacial score (nSPS) is 15.2. The molecule has 18 heavy (non-hydrogen) atoms. The first-order valence-electron chi connectivity index (χ1n) is 4.54. The summed E-state index contributed by atoms with van der Waals surface area (Å²) >= 11 is 11.1. The number of halogens is 5. The summed E-state index contributed by atoms with van der Waals surface area (Å²) in [5, 5.41) is 17.8. The first kappa shape index (κ1) is 15.1. The van der Waals surface area contributed by atoms with E-state index in [9.17, 15) is 23.1 Å². The molecule has 0 heterocycles. The topological polar surface area (TPSA) is 57.5 Å². The molecule has 0 saturated heterocycles. The standard InChI is InChI=1S/C10H7Cl2F3O3/c11-6-1-5(2-7(12)3-6)9(18,4-8(16)17)10(13,14)15/h1-3,18H,4H2,(H,16,17). The average molecular weight is 303 g/mol. The van der Waals surface area contributed by atoms with E-state index in [1.807, 2.05) is 0 Å². The molecule has 0 bridgehead atoms. The zero-order valence-corrected chi connectivity index (χ0v) is 10.1. The molecule has 1 rings (SSSR count). The Morgan fingerprint density at radius 3 is 1.94 bits per heavy atom. The van der Waals surface area contributed by atoms with Crippen LogP contribution in [0.2, 0.25) is 10.0 Å². The average Bonchev–Trinajstić information content (AvgIpc) is 2.12. The van der Waals surface area contributed by atoms with Gasteiger partial charge in [-0.2, -0.15) is 13.2 Å². The molecule has 0 saturated carbocycles. The number of rotatable bonds is 3. The molecule has 0 aliphatic heterocycles. The molecule has 1 aromatic carbocycles. The van der Waals surface area contributed by atoms with Crippen molar-refractivity contribution in [3.05, 3.63) is 33.8 Å². The molecule has 0 aliphatic carbocycles. The van der Waals surface area contributed by atoms with Gasteiger partial charge in [0.15, 0.2) is 5.60 Å². The van der Waals surface area contributed by atoms with Gasteiger partial charge in [-0.3, -0.25) is 4.79 Å². The van der Waals surface area contributed by atoms with Gasteiger partial charge in [-0.05, 0) is 23.8 Å². The van der Waals surface area contributed by atoms with Gasteiger partial charge >= 0.3 is 12.1 Å². The lowest BCUT2D eigenvalue weighted by atomic mass is 9.90. The maximum absolute atomic E-state index is 12.8. The second-order valence-electron chi connectivity index (χ2n) is 3.59. The fourth-order valence-electron chi connectivity index (χ4n) is 1.38. The molecule has 1 aromatic rings. The molecular weight excluding hydrogens is 296 g/mol. The van der Waals surface area contributed by atoms with Gasteiger partial charge in [0.25, 0.3) is 0 Å². The number of carboxylic acid groups (broad SMARTS) is 1. The molecule has 100 valence electrons. The van der Waals surface area contributed by atoms with Crippen LogP contribution >= 0.6 is 23.2 Å². The molecule has 8 heteroatoms. The van der Waals surface area contributed by atoms with Crippen molar-refractivity contribution in [2.24, 2.45) is 0 Å². The van der Waals surface area contributed by atoms with E-state index in [0.29, 0.717) is 0 Å². The number of aliphatic hydroxyl groups is 1. The van der Waals surface area contributed by atoms with Crippen molar-refractivity contribution in [1.29, 1.82) is 0 Å². The van der Waals surface area contributed by atoms with Crippen LogP contribution in [0, 0.1) is 0 Å². The van der Waals surface area contributed by atoms with Crippen molar-refractivity contribution in [3.63, 3.8) is 0 Å². The fourth-order valence-corrected chi connectivity index (χ4v) is 1.90. The molecule has 0 radical (unpaired) electrons. The van der Waals surface area contributed by atoms with Crippen LogP contribution in [-0.4, -0.2) is 22.4 Å². The minimum absolute atomic E-state index is 0.134. The van der Waals surface area contributed by atoms with Gasteiger partial charge in [0.05, 0.1) is 6.42 Å². The van der Waals surface area contributed by atoms with E-state index < -0.39 is 29.7 Å². The molecule has 0 fully saturated rings. The molecule has 1 unspecified atom stereocenters. The van der Waals surface area contributed by atoms with Crippen LogP contribution in [0.15, 0.2) is 18.2 Å². The smallest absolute Gasteiger partial charge is 0.422 e. The Labute approximate surface area is 110 Å². The van der Waals surface area contributed by atoms with E-state index in [1.54, 1.807) is 0 Å². The lowest BCUT2D eigenvalue weighted by Crippen LogP contribution is -2.44. The molecule has 1 atom stereocenters. The SMILES string of the molecule is O=C(O)CC(O)(c1cc(Cl)cc(Cl)c1)C(F)(F)F. The Kier molecular flexibility index (Phi) is 4.15. The van der Waals surface area contributed by atoms with Gasteiger partial charge in [-0.1, -0.05) is 23.2 Å². The molecule has 0 aliphatic rings. The van der Waals surface area contributed by atoms with Crippen molar-refractivity contribution in [1.82, 2.24) is 0 Å². The molecule has 0 aromatic heterocycles. The Morgan fingerprint density at radius 1 is 1.17 bits per heavy atom. The van der Waals surface area contributed by atoms with E-state index >= 15 is 0 Å². The Hall–Kier alpha value is -0.980. The third kappa shape index (κ3) is 3.07. The number of hydrogen-bond donors (Lipinski definition) is 2. The second kappa shape index (κ2) is 4.95. The predicted molar refractivity (Wildman–Crippen MR) is 58.7 cm³/mol. The van der Waals surface area contributed by atoms with Crippen LogP contribution in [0.1, 0.15) is 12.0 Å². The van der Waals surface area contributed by atoms with Crippen molar-refractivity contribution in [2.45, 2.75) is 18.2 Å². The van der Waals surface area contributed by atoms with Crippen LogP contribution in [0.5, 0.6) is 0 Å². The summed E-state index contributed by atoms with van der Waals surface area (Å²) in [7, 11) is 0. The monoisotopic (exact) mass is 302 g/mol. The summed E-state index contributed by atoms with van der Waals surface area (Å²) in [4.78, 5) is 10.5. The Bertz CT molecular complexity index is 456. The van der Waals surface area contributed by atoms with Crippen LogP contribution < -0.4 is 0 Å². The highest BCUT2D eigenvalue weighted by Crippen LogP contribution is 2.43. The van der Waals surface area contributed by atoms with E-state index in [-0.39, 0.29) is 10.0 Å². The second-order valence-corrected chi connectivity index (χ2v) is 4.46. The number of carboxylic acids is 1. The van der Waals surface area contributed by atoms with Gasteiger partial charge in [-0.25, -0.2) is 0 Å². The van der Waals surface area contributed by atoms with Gasteiger partial charge in [0.1, 0.15) is 0 Å². The van der Waals surface area contributed by atoms with Crippen LogP contribution in [0.3, 0.4) is 0 Å². The minimum Gasteiger partial charge on any atom is -0.481 e.